The van der Waals surface area contributed by atoms with Crippen molar-refractivity contribution in [1.29, 1.82) is 0 Å². The van der Waals surface area contributed by atoms with Gasteiger partial charge in [-0.15, -0.1) is 0 Å². The molecule has 1 amide bonds. The van der Waals surface area contributed by atoms with Crippen LogP contribution in [0, 0.1) is 12.8 Å². The van der Waals surface area contributed by atoms with Crippen molar-refractivity contribution >= 4 is 11.9 Å². The Kier molecular flexibility index (Phi) is 6.07. The van der Waals surface area contributed by atoms with Crippen LogP contribution in [0.1, 0.15) is 35.7 Å². The van der Waals surface area contributed by atoms with Crippen LogP contribution in [-0.4, -0.2) is 28.5 Å². The molecule has 1 atom stereocenters. The molecule has 2 N–H and O–H groups in total. The van der Waals surface area contributed by atoms with E-state index in [0.29, 0.717) is 12.0 Å². The van der Waals surface area contributed by atoms with Gasteiger partial charge in [0.1, 0.15) is 0 Å². The zero-order chi connectivity index (χ0) is 17.5. The number of rotatable bonds is 7. The number of carboxylic acid groups (broad SMARTS) is 1. The number of nitrogens with one attached hydrogen (secondary N) is 1. The third-order valence-corrected chi connectivity index (χ3v) is 3.85. The van der Waals surface area contributed by atoms with Crippen molar-refractivity contribution in [3.63, 3.8) is 0 Å². The first-order valence-electron chi connectivity index (χ1n) is 8.04. The molecule has 1 unspecified atom stereocenters. The fourth-order valence-corrected chi connectivity index (χ4v) is 2.53. The quantitative estimate of drug-likeness (QED) is 0.818. The van der Waals surface area contributed by atoms with E-state index in [1.165, 1.54) is 6.20 Å². The van der Waals surface area contributed by atoms with Crippen molar-refractivity contribution in [2.24, 2.45) is 5.92 Å². The van der Waals surface area contributed by atoms with Crippen molar-refractivity contribution in [1.82, 2.24) is 10.3 Å². The smallest absolute Gasteiger partial charge is 0.308 e. The van der Waals surface area contributed by atoms with E-state index in [9.17, 15) is 9.59 Å². The average molecular weight is 326 g/mol. The topological polar surface area (TPSA) is 79.3 Å². The predicted octanol–water partition coefficient (Wildman–Crippen LogP) is 3.29. The van der Waals surface area contributed by atoms with Gasteiger partial charge in [-0.25, -0.2) is 0 Å². The zero-order valence-electron chi connectivity index (χ0n) is 14.0. The Bertz CT molecular complexity index is 728. The van der Waals surface area contributed by atoms with Gasteiger partial charge in [-0.1, -0.05) is 43.2 Å². The molecule has 2 rings (SSSR count). The van der Waals surface area contributed by atoms with Crippen LogP contribution >= 0.6 is 0 Å². The standard InChI is InChI=1S/C19H22N2O3/c1-3-5-15(19(23)24)12-21-18(22)17-9-16(10-20-11-17)14-7-4-6-13(2)8-14/h4,6-11,15H,3,5,12H2,1-2H3,(H,21,22)(H,23,24). The molecule has 0 aliphatic carbocycles. The van der Waals surface area contributed by atoms with Crippen molar-refractivity contribution in [3.8, 4) is 11.1 Å². The van der Waals surface area contributed by atoms with Gasteiger partial charge in [0, 0.05) is 24.5 Å². The van der Waals surface area contributed by atoms with Crippen LogP contribution in [0.2, 0.25) is 0 Å². The van der Waals surface area contributed by atoms with Crippen LogP contribution in [0.5, 0.6) is 0 Å². The van der Waals surface area contributed by atoms with Crippen molar-refractivity contribution in [2.75, 3.05) is 6.54 Å². The Labute approximate surface area is 141 Å². The molecule has 1 aromatic heterocycles. The van der Waals surface area contributed by atoms with Crippen LogP contribution in [0.25, 0.3) is 11.1 Å². The molecule has 1 aromatic carbocycles. The molecule has 1 heterocycles. The summed E-state index contributed by atoms with van der Waals surface area (Å²) in [5, 5.41) is 11.8. The fraction of sp³-hybridized carbons (Fsp3) is 0.316. The second-order valence-electron chi connectivity index (χ2n) is 5.87. The Morgan fingerprint density at radius 1 is 1.21 bits per heavy atom. The van der Waals surface area contributed by atoms with Crippen LogP contribution in [0.15, 0.2) is 42.7 Å². The molecular formula is C19H22N2O3. The molecule has 5 nitrogen and oxygen atoms in total. The monoisotopic (exact) mass is 326 g/mol. The van der Waals surface area contributed by atoms with E-state index in [1.54, 1.807) is 12.3 Å². The van der Waals surface area contributed by atoms with Crippen molar-refractivity contribution in [2.45, 2.75) is 26.7 Å². The number of pyridine rings is 1. The number of aryl methyl sites for hydroxylation is 1. The highest BCUT2D eigenvalue weighted by molar-refractivity contribution is 5.95. The maximum Gasteiger partial charge on any atom is 0.308 e. The summed E-state index contributed by atoms with van der Waals surface area (Å²) in [6.07, 6.45) is 4.50. The number of aromatic nitrogens is 1. The lowest BCUT2D eigenvalue weighted by Crippen LogP contribution is -2.33. The number of aliphatic carboxylic acids is 1. The first-order chi connectivity index (χ1) is 11.5. The Morgan fingerprint density at radius 3 is 2.67 bits per heavy atom. The average Bonchev–Trinajstić information content (AvgIpc) is 2.58. The number of carbonyl (C=O) groups excluding carboxylic acids is 1. The first-order valence-corrected chi connectivity index (χ1v) is 8.04. The maximum atomic E-state index is 12.3. The highest BCUT2D eigenvalue weighted by Gasteiger charge is 2.18. The number of hydrogen-bond acceptors (Lipinski definition) is 3. The van der Waals surface area contributed by atoms with Gasteiger partial charge in [0.25, 0.3) is 5.91 Å². The Morgan fingerprint density at radius 2 is 2.00 bits per heavy atom. The van der Waals surface area contributed by atoms with E-state index in [2.05, 4.69) is 10.3 Å². The molecule has 0 aliphatic heterocycles. The summed E-state index contributed by atoms with van der Waals surface area (Å²) in [5.74, 6) is -1.75. The van der Waals surface area contributed by atoms with Gasteiger partial charge in [-0.05, 0) is 25.0 Å². The van der Waals surface area contributed by atoms with Gasteiger partial charge in [0.2, 0.25) is 0 Å². The van der Waals surface area contributed by atoms with Gasteiger partial charge in [-0.2, -0.15) is 0 Å². The molecule has 0 bridgehead atoms. The molecule has 0 spiro atoms. The summed E-state index contributed by atoms with van der Waals surface area (Å²) < 4.78 is 0. The summed E-state index contributed by atoms with van der Waals surface area (Å²) >= 11 is 0. The fourth-order valence-electron chi connectivity index (χ4n) is 2.53. The normalized spacial score (nSPS) is 11.8. The van der Waals surface area contributed by atoms with Crippen molar-refractivity contribution < 1.29 is 14.7 Å². The first kappa shape index (κ1) is 17.7. The number of benzene rings is 1. The summed E-state index contributed by atoms with van der Waals surface area (Å²) in [7, 11) is 0. The minimum absolute atomic E-state index is 0.122. The lowest BCUT2D eigenvalue weighted by molar-refractivity contribution is -0.141. The second-order valence-corrected chi connectivity index (χ2v) is 5.87. The number of hydrogen-bond donors (Lipinski definition) is 2. The summed E-state index contributed by atoms with van der Waals surface area (Å²) in [5.41, 5.74) is 3.40. The molecule has 24 heavy (non-hydrogen) atoms. The highest BCUT2D eigenvalue weighted by atomic mass is 16.4. The third kappa shape index (κ3) is 4.65. The molecule has 5 heteroatoms. The highest BCUT2D eigenvalue weighted by Crippen LogP contribution is 2.20. The zero-order valence-corrected chi connectivity index (χ0v) is 14.0. The molecular weight excluding hydrogens is 304 g/mol. The number of carboxylic acids is 1. The largest absolute Gasteiger partial charge is 0.481 e. The second kappa shape index (κ2) is 8.24. The van der Waals surface area contributed by atoms with Gasteiger partial charge < -0.3 is 10.4 Å². The molecule has 0 saturated carbocycles. The molecule has 2 aromatic rings. The van der Waals surface area contributed by atoms with E-state index in [1.807, 2.05) is 38.1 Å². The molecule has 0 fully saturated rings. The van der Waals surface area contributed by atoms with Crippen LogP contribution in [0.4, 0.5) is 0 Å². The van der Waals surface area contributed by atoms with Gasteiger partial charge in [0.15, 0.2) is 0 Å². The summed E-state index contributed by atoms with van der Waals surface area (Å²) in [4.78, 5) is 27.6. The van der Waals surface area contributed by atoms with E-state index >= 15 is 0 Å². The lowest BCUT2D eigenvalue weighted by atomic mass is 10.0. The summed E-state index contributed by atoms with van der Waals surface area (Å²) in [6.45, 7) is 4.05. The minimum atomic E-state index is -0.885. The van der Waals surface area contributed by atoms with E-state index < -0.39 is 11.9 Å². The van der Waals surface area contributed by atoms with Crippen LogP contribution < -0.4 is 5.32 Å². The third-order valence-electron chi connectivity index (χ3n) is 3.85. The van der Waals surface area contributed by atoms with E-state index in [4.69, 9.17) is 5.11 Å². The lowest BCUT2D eigenvalue weighted by Gasteiger charge is -2.12. The molecule has 0 radical (unpaired) electrons. The SMILES string of the molecule is CCCC(CNC(=O)c1cncc(-c2cccc(C)c2)c1)C(=O)O. The molecule has 0 saturated heterocycles. The number of amides is 1. The van der Waals surface area contributed by atoms with E-state index in [-0.39, 0.29) is 12.5 Å². The Hall–Kier alpha value is -2.69. The maximum absolute atomic E-state index is 12.3. The van der Waals surface area contributed by atoms with Crippen LogP contribution in [0.3, 0.4) is 0 Å². The van der Waals surface area contributed by atoms with Gasteiger partial charge in [0.05, 0.1) is 11.5 Å². The number of nitrogens with zero attached hydrogens (tertiary/aromatic N) is 1. The molecule has 126 valence electrons. The predicted molar refractivity (Wildman–Crippen MR) is 92.8 cm³/mol. The van der Waals surface area contributed by atoms with Gasteiger partial charge >= 0.3 is 5.97 Å². The minimum Gasteiger partial charge on any atom is -0.481 e. The van der Waals surface area contributed by atoms with Gasteiger partial charge in [-0.3, -0.25) is 14.6 Å². The molecule has 0 aliphatic rings. The Balaban J connectivity index is 2.10. The van der Waals surface area contributed by atoms with Crippen molar-refractivity contribution in [3.05, 3.63) is 53.9 Å². The summed E-state index contributed by atoms with van der Waals surface area (Å²) in [6, 6.07) is 9.73. The van der Waals surface area contributed by atoms with Crippen LogP contribution in [-0.2, 0) is 4.79 Å². The number of carbonyl (C=O) groups is 2. The van der Waals surface area contributed by atoms with E-state index in [0.717, 1.165) is 23.1 Å².